The molecule has 7 aromatic carbocycles. The lowest BCUT2D eigenvalue weighted by atomic mass is 9.82. The second-order valence-corrected chi connectivity index (χ2v) is 18.0. The summed E-state index contributed by atoms with van der Waals surface area (Å²) in [6.45, 7) is 18.3. The fourth-order valence-electron chi connectivity index (χ4n) is 8.19. The molecule has 0 heterocycles. The van der Waals surface area contributed by atoms with Crippen molar-refractivity contribution in [1.29, 1.82) is 0 Å². The first-order valence-electron chi connectivity index (χ1n) is 20.3. The highest BCUT2D eigenvalue weighted by Gasteiger charge is 2.35. The Kier molecular flexibility index (Phi) is 9.78. The zero-order valence-electron chi connectivity index (χ0n) is 34.7. The van der Waals surface area contributed by atoms with Crippen LogP contribution in [-0.4, -0.2) is 0 Å². The second kappa shape index (κ2) is 14.8. The van der Waals surface area contributed by atoms with Crippen molar-refractivity contribution in [3.63, 3.8) is 0 Å². The van der Waals surface area contributed by atoms with Crippen LogP contribution < -0.4 is 9.80 Å². The van der Waals surface area contributed by atoms with E-state index in [-0.39, 0.29) is 16.2 Å². The van der Waals surface area contributed by atoms with Crippen molar-refractivity contribution in [3.8, 4) is 11.1 Å². The van der Waals surface area contributed by atoms with Gasteiger partial charge in [-0.25, -0.2) is 0 Å². The van der Waals surface area contributed by atoms with Crippen molar-refractivity contribution < 1.29 is 0 Å². The predicted octanol–water partition coefficient (Wildman–Crippen LogP) is 15.7. The molecule has 0 aliphatic heterocycles. The third-order valence-electron chi connectivity index (χ3n) is 11.6. The molecule has 284 valence electrons. The van der Waals surface area contributed by atoms with Crippen LogP contribution in [0.3, 0.4) is 0 Å². The fraction of sp³-hybridized carbons (Fsp3) is 0.200. The van der Waals surface area contributed by atoms with E-state index in [1.165, 1.54) is 33.4 Å². The molecule has 2 heteroatoms. The minimum Gasteiger partial charge on any atom is -0.311 e. The average molecular weight is 743 g/mol. The minimum atomic E-state index is -0.0646. The molecule has 8 rings (SSSR count). The lowest BCUT2D eigenvalue weighted by Crippen LogP contribution is -2.16. The lowest BCUT2D eigenvalue weighted by Gasteiger charge is -2.28. The van der Waals surface area contributed by atoms with Crippen LogP contribution in [0.4, 0.5) is 34.1 Å². The quantitative estimate of drug-likeness (QED) is 0.143. The van der Waals surface area contributed by atoms with E-state index in [2.05, 4.69) is 247 Å². The Morgan fingerprint density at radius 2 is 0.737 bits per heavy atom. The Hall–Kier alpha value is -6.12. The Labute approximate surface area is 340 Å². The number of anilines is 6. The van der Waals surface area contributed by atoms with Crippen LogP contribution in [0.1, 0.15) is 88.8 Å². The first-order valence-corrected chi connectivity index (χ1v) is 20.3. The van der Waals surface area contributed by atoms with Crippen molar-refractivity contribution >= 4 is 46.3 Å². The molecule has 0 aromatic heterocycles. The molecule has 0 bridgehead atoms. The first-order chi connectivity index (χ1) is 27.3. The smallest absolute Gasteiger partial charge is 0.0465 e. The fourth-order valence-corrected chi connectivity index (χ4v) is 8.19. The van der Waals surface area contributed by atoms with Crippen LogP contribution in [0.15, 0.2) is 170 Å². The number of para-hydroxylation sites is 1. The monoisotopic (exact) mass is 742 g/mol. The maximum absolute atomic E-state index is 2.39. The molecule has 2 nitrogen and oxygen atoms in total. The van der Waals surface area contributed by atoms with Gasteiger partial charge in [-0.05, 0) is 128 Å². The second-order valence-electron chi connectivity index (χ2n) is 18.0. The molecule has 1 aliphatic carbocycles. The number of rotatable bonds is 8. The Morgan fingerprint density at radius 1 is 0.368 bits per heavy atom. The van der Waals surface area contributed by atoms with Crippen LogP contribution in [0.5, 0.6) is 0 Å². The van der Waals surface area contributed by atoms with Gasteiger partial charge < -0.3 is 9.80 Å². The molecule has 0 saturated carbocycles. The van der Waals surface area contributed by atoms with Crippen molar-refractivity contribution in [3.05, 3.63) is 203 Å². The van der Waals surface area contributed by atoms with Crippen LogP contribution in [-0.2, 0) is 16.2 Å². The van der Waals surface area contributed by atoms with Crippen molar-refractivity contribution in [2.45, 2.75) is 71.6 Å². The van der Waals surface area contributed by atoms with E-state index >= 15 is 0 Å². The van der Waals surface area contributed by atoms with Gasteiger partial charge in [0.25, 0.3) is 0 Å². The number of hydrogen-bond donors (Lipinski definition) is 0. The molecule has 0 N–H and O–H groups in total. The molecule has 0 fully saturated rings. The zero-order chi connectivity index (χ0) is 40.0. The summed E-state index contributed by atoms with van der Waals surface area (Å²) in [4.78, 5) is 4.72. The summed E-state index contributed by atoms with van der Waals surface area (Å²) in [6.07, 6.45) is 4.41. The lowest BCUT2D eigenvalue weighted by molar-refractivity contribution is 0.590. The molecule has 0 radical (unpaired) electrons. The Balaban J connectivity index is 1.06. The molecule has 7 aromatic rings. The first kappa shape index (κ1) is 37.8. The van der Waals surface area contributed by atoms with E-state index in [4.69, 9.17) is 0 Å². The molecule has 0 spiro atoms. The van der Waals surface area contributed by atoms with E-state index in [1.54, 1.807) is 0 Å². The minimum absolute atomic E-state index is 0.0646. The van der Waals surface area contributed by atoms with Crippen LogP contribution in [0, 0.1) is 0 Å². The molecule has 57 heavy (non-hydrogen) atoms. The molecule has 0 atom stereocenters. The number of nitrogens with zero attached hydrogens (tertiary/aromatic N) is 2. The maximum atomic E-state index is 2.39. The molecular weight excluding hydrogens is 689 g/mol. The van der Waals surface area contributed by atoms with E-state index < -0.39 is 0 Å². The van der Waals surface area contributed by atoms with E-state index in [0.717, 1.165) is 45.3 Å². The van der Waals surface area contributed by atoms with Gasteiger partial charge in [-0.3, -0.25) is 0 Å². The number of benzene rings is 7. The molecule has 0 saturated heterocycles. The van der Waals surface area contributed by atoms with Crippen LogP contribution >= 0.6 is 0 Å². The van der Waals surface area contributed by atoms with Gasteiger partial charge >= 0.3 is 0 Å². The summed E-state index contributed by atoms with van der Waals surface area (Å²) in [6, 6.07) is 62.3. The van der Waals surface area contributed by atoms with Crippen molar-refractivity contribution in [2.75, 3.05) is 9.80 Å². The van der Waals surface area contributed by atoms with Gasteiger partial charge in [0, 0.05) is 39.5 Å². The highest BCUT2D eigenvalue weighted by Crippen LogP contribution is 2.50. The highest BCUT2D eigenvalue weighted by molar-refractivity contribution is 5.86. The number of fused-ring (bicyclic) bond motifs is 3. The van der Waals surface area contributed by atoms with Gasteiger partial charge in [0.1, 0.15) is 0 Å². The van der Waals surface area contributed by atoms with Gasteiger partial charge in [-0.2, -0.15) is 0 Å². The number of hydrogen-bond acceptors (Lipinski definition) is 2. The van der Waals surface area contributed by atoms with E-state index in [0.29, 0.717) is 0 Å². The van der Waals surface area contributed by atoms with Gasteiger partial charge in [0.05, 0.1) is 0 Å². The van der Waals surface area contributed by atoms with Crippen LogP contribution in [0.25, 0.3) is 23.3 Å². The van der Waals surface area contributed by atoms with E-state index in [1.807, 2.05) is 0 Å². The largest absolute Gasteiger partial charge is 0.311 e. The summed E-state index contributed by atoms with van der Waals surface area (Å²) in [7, 11) is 0. The standard InChI is InChI=1S/C55H54N2/c1-53(2,3)41-24-32-46(33-25-41)56(47-34-26-42(27-35-47)54(4,5)6)44-28-20-39(21-29-44)18-19-40-22-30-45(31-23-40)57(43-14-10-9-11-15-43)48-36-37-50-49-16-12-13-17-51(49)55(7,8)52(50)38-48/h9-38H,1-8H3. The molecule has 0 unspecified atom stereocenters. The normalized spacial score (nSPS) is 13.3. The summed E-state index contributed by atoms with van der Waals surface area (Å²) >= 11 is 0. The van der Waals surface area contributed by atoms with Gasteiger partial charge in [-0.1, -0.05) is 165 Å². The average Bonchev–Trinajstić information content (AvgIpc) is 3.44. The zero-order valence-corrected chi connectivity index (χ0v) is 34.7. The Bertz CT molecular complexity index is 2450. The summed E-state index contributed by atoms with van der Waals surface area (Å²) in [5.74, 6) is 0. The molecule has 1 aliphatic rings. The van der Waals surface area contributed by atoms with Gasteiger partial charge in [0.2, 0.25) is 0 Å². The third-order valence-corrected chi connectivity index (χ3v) is 11.6. The summed E-state index contributed by atoms with van der Waals surface area (Å²) in [5, 5.41) is 0. The predicted molar refractivity (Wildman–Crippen MR) is 246 cm³/mol. The summed E-state index contributed by atoms with van der Waals surface area (Å²) in [5.41, 5.74) is 17.4. The highest BCUT2D eigenvalue weighted by atomic mass is 15.1. The van der Waals surface area contributed by atoms with Gasteiger partial charge in [0.15, 0.2) is 0 Å². The Morgan fingerprint density at radius 3 is 1.21 bits per heavy atom. The third kappa shape index (κ3) is 7.57. The van der Waals surface area contributed by atoms with Crippen molar-refractivity contribution in [1.82, 2.24) is 0 Å². The van der Waals surface area contributed by atoms with E-state index in [9.17, 15) is 0 Å². The SMILES string of the molecule is CC(C)(C)c1ccc(N(c2ccc(C=Cc3ccc(N(c4ccccc4)c4ccc5c(c4)C(C)(C)c4ccccc4-5)cc3)cc2)c2ccc(C(C)(C)C)cc2)cc1. The topological polar surface area (TPSA) is 6.48 Å². The summed E-state index contributed by atoms with van der Waals surface area (Å²) < 4.78 is 0. The maximum Gasteiger partial charge on any atom is 0.0465 e. The molecule has 0 amide bonds. The van der Waals surface area contributed by atoms with Crippen LogP contribution in [0.2, 0.25) is 0 Å². The van der Waals surface area contributed by atoms with Crippen molar-refractivity contribution in [2.24, 2.45) is 0 Å². The molecular formula is C55H54N2. The van der Waals surface area contributed by atoms with Gasteiger partial charge in [-0.15, -0.1) is 0 Å².